The Hall–Kier alpha value is -1.85. The highest BCUT2D eigenvalue weighted by molar-refractivity contribution is 6.38. The summed E-state index contributed by atoms with van der Waals surface area (Å²) in [5.74, 6) is -3.07. The number of hydrogen-bond acceptors (Lipinski definition) is 5. The molecule has 1 aromatic rings. The molecule has 0 aliphatic carbocycles. The molecule has 0 aliphatic heterocycles. The van der Waals surface area contributed by atoms with Crippen LogP contribution in [0.4, 0.5) is 0 Å². The molecule has 1 aromatic heterocycles. The molecular formula is C8H9NO5. The predicted octanol–water partition coefficient (Wildman–Crippen LogP) is 0.729. The van der Waals surface area contributed by atoms with E-state index in [9.17, 15) is 9.59 Å². The lowest BCUT2D eigenvalue weighted by atomic mass is 10.3. The summed E-state index contributed by atoms with van der Waals surface area (Å²) >= 11 is 0. The van der Waals surface area contributed by atoms with Crippen molar-refractivity contribution >= 4 is 11.8 Å². The summed E-state index contributed by atoms with van der Waals surface area (Å²) in [6, 6.07) is 0. The summed E-state index contributed by atoms with van der Waals surface area (Å²) in [7, 11) is 0. The van der Waals surface area contributed by atoms with Crippen LogP contribution in [0.3, 0.4) is 0 Å². The van der Waals surface area contributed by atoms with Crippen LogP contribution < -0.4 is 4.74 Å². The molecule has 1 heterocycles. The van der Waals surface area contributed by atoms with E-state index in [1.807, 2.05) is 0 Å². The van der Waals surface area contributed by atoms with Crippen LogP contribution >= 0.6 is 0 Å². The van der Waals surface area contributed by atoms with Gasteiger partial charge in [0, 0.05) is 0 Å². The minimum Gasteiger partial charge on any atom is -0.475 e. The number of carboxylic acids is 1. The van der Waals surface area contributed by atoms with Gasteiger partial charge in [0.2, 0.25) is 5.76 Å². The fraction of sp³-hybridized carbons (Fsp3) is 0.375. The minimum atomic E-state index is -1.59. The van der Waals surface area contributed by atoms with E-state index in [0.29, 0.717) is 0 Å². The molecule has 0 atom stereocenters. The van der Waals surface area contributed by atoms with Crippen LogP contribution in [0.2, 0.25) is 0 Å². The second kappa shape index (κ2) is 3.91. The van der Waals surface area contributed by atoms with Crippen LogP contribution in [0.1, 0.15) is 24.4 Å². The first kappa shape index (κ1) is 10.2. The molecule has 1 N–H and O–H groups in total. The zero-order chi connectivity index (χ0) is 10.7. The highest BCUT2D eigenvalue weighted by Gasteiger charge is 2.20. The summed E-state index contributed by atoms with van der Waals surface area (Å²) in [5, 5.41) is 8.35. The predicted molar refractivity (Wildman–Crippen MR) is 44.2 cm³/mol. The summed E-state index contributed by atoms with van der Waals surface area (Å²) in [6.45, 7) is 3.51. The van der Waals surface area contributed by atoms with Gasteiger partial charge in [0.15, 0.2) is 0 Å². The molecule has 0 spiro atoms. The monoisotopic (exact) mass is 199 g/mol. The second-order valence-electron chi connectivity index (χ2n) is 2.79. The number of carbonyl (C=O) groups excluding carboxylic acids is 1. The molecule has 0 amide bonds. The minimum absolute atomic E-state index is 0.107. The second-order valence-corrected chi connectivity index (χ2v) is 2.79. The average Bonchev–Trinajstić information content (AvgIpc) is 2.50. The van der Waals surface area contributed by atoms with Crippen molar-refractivity contribution in [3.05, 3.63) is 12.0 Å². The van der Waals surface area contributed by atoms with Crippen molar-refractivity contribution in [1.82, 2.24) is 4.98 Å². The Morgan fingerprint density at radius 2 is 2.21 bits per heavy atom. The van der Waals surface area contributed by atoms with Gasteiger partial charge in [-0.2, -0.15) is 4.98 Å². The Kier molecular flexibility index (Phi) is 2.85. The summed E-state index contributed by atoms with van der Waals surface area (Å²) in [5.41, 5.74) is 0. The zero-order valence-electron chi connectivity index (χ0n) is 7.68. The maximum atomic E-state index is 10.9. The lowest BCUT2D eigenvalue weighted by Crippen LogP contribution is -2.11. The molecule has 1 rings (SSSR count). The standard InChI is InChI=1S/C8H9NO5/c1-4(2)13-8-9-3-5(14-8)6(10)7(11)12/h3-4H,1-2H3,(H,11,12). The topological polar surface area (TPSA) is 89.6 Å². The van der Waals surface area contributed by atoms with Crippen molar-refractivity contribution in [1.29, 1.82) is 0 Å². The summed E-state index contributed by atoms with van der Waals surface area (Å²) in [4.78, 5) is 24.7. The third-order valence-electron chi connectivity index (χ3n) is 1.24. The molecule has 0 aliphatic rings. The molecule has 14 heavy (non-hydrogen) atoms. The van der Waals surface area contributed by atoms with Crippen molar-refractivity contribution in [2.45, 2.75) is 20.0 Å². The molecule has 0 unspecified atom stereocenters. The van der Waals surface area contributed by atoms with Crippen LogP contribution in [0.15, 0.2) is 10.6 Å². The molecule has 0 saturated heterocycles. The molecular weight excluding hydrogens is 190 g/mol. The quantitative estimate of drug-likeness (QED) is 0.567. The number of Topliss-reactive ketones (excluding diaryl/α,β-unsaturated/α-hetero) is 1. The molecule has 0 saturated carbocycles. The third kappa shape index (κ3) is 2.32. The first-order valence-electron chi connectivity index (χ1n) is 3.91. The van der Waals surface area contributed by atoms with Crippen LogP contribution in [-0.2, 0) is 4.79 Å². The van der Waals surface area contributed by atoms with E-state index in [1.54, 1.807) is 13.8 Å². The van der Waals surface area contributed by atoms with Gasteiger partial charge in [-0.1, -0.05) is 0 Å². The van der Waals surface area contributed by atoms with Gasteiger partial charge in [0.05, 0.1) is 12.3 Å². The molecule has 76 valence electrons. The number of carbonyl (C=O) groups is 2. The van der Waals surface area contributed by atoms with E-state index in [0.717, 1.165) is 6.20 Å². The van der Waals surface area contributed by atoms with Crippen LogP contribution in [-0.4, -0.2) is 27.9 Å². The van der Waals surface area contributed by atoms with Gasteiger partial charge in [-0.15, -0.1) is 0 Å². The van der Waals surface area contributed by atoms with Gasteiger partial charge in [-0.3, -0.25) is 4.79 Å². The van der Waals surface area contributed by atoms with Crippen LogP contribution in [0, 0.1) is 0 Å². The van der Waals surface area contributed by atoms with E-state index in [4.69, 9.17) is 14.3 Å². The Balaban J connectivity index is 2.78. The Morgan fingerprint density at radius 1 is 1.57 bits per heavy atom. The third-order valence-corrected chi connectivity index (χ3v) is 1.24. The maximum Gasteiger partial charge on any atom is 0.394 e. The first-order chi connectivity index (χ1) is 6.50. The Labute approximate surface area is 79.5 Å². The van der Waals surface area contributed by atoms with Crippen molar-refractivity contribution in [3.63, 3.8) is 0 Å². The van der Waals surface area contributed by atoms with Crippen LogP contribution in [0.25, 0.3) is 0 Å². The van der Waals surface area contributed by atoms with Gasteiger partial charge < -0.3 is 14.3 Å². The van der Waals surface area contributed by atoms with Crippen molar-refractivity contribution in [2.75, 3.05) is 0 Å². The van der Waals surface area contributed by atoms with E-state index < -0.39 is 11.8 Å². The lowest BCUT2D eigenvalue weighted by molar-refractivity contribution is -0.131. The normalized spacial score (nSPS) is 10.2. The van der Waals surface area contributed by atoms with Crippen molar-refractivity contribution in [3.8, 4) is 6.08 Å². The number of ether oxygens (including phenoxy) is 1. The molecule has 6 nitrogen and oxygen atoms in total. The number of nitrogens with zero attached hydrogens (tertiary/aromatic N) is 1. The number of aromatic nitrogens is 1. The smallest absolute Gasteiger partial charge is 0.394 e. The van der Waals surface area contributed by atoms with Gasteiger partial charge in [0.1, 0.15) is 0 Å². The number of oxazole rings is 1. The lowest BCUT2D eigenvalue weighted by Gasteiger charge is -2.02. The summed E-state index contributed by atoms with van der Waals surface area (Å²) in [6.07, 6.45) is 0.764. The average molecular weight is 199 g/mol. The zero-order valence-corrected chi connectivity index (χ0v) is 7.68. The summed E-state index contributed by atoms with van der Waals surface area (Å²) < 4.78 is 9.76. The largest absolute Gasteiger partial charge is 0.475 e. The molecule has 0 bridgehead atoms. The van der Waals surface area contributed by atoms with E-state index in [-0.39, 0.29) is 17.9 Å². The van der Waals surface area contributed by atoms with Gasteiger partial charge in [0.25, 0.3) is 0 Å². The number of rotatable bonds is 4. The molecule has 6 heteroatoms. The maximum absolute atomic E-state index is 10.9. The molecule has 0 aromatic carbocycles. The fourth-order valence-electron chi connectivity index (χ4n) is 0.725. The first-order valence-corrected chi connectivity index (χ1v) is 3.91. The van der Waals surface area contributed by atoms with Crippen molar-refractivity contribution in [2.24, 2.45) is 0 Å². The van der Waals surface area contributed by atoms with Crippen LogP contribution in [0.5, 0.6) is 6.08 Å². The van der Waals surface area contributed by atoms with Gasteiger partial charge in [-0.25, -0.2) is 4.79 Å². The van der Waals surface area contributed by atoms with Gasteiger partial charge in [-0.05, 0) is 13.8 Å². The molecule has 0 fully saturated rings. The van der Waals surface area contributed by atoms with Crippen molar-refractivity contribution < 1.29 is 23.8 Å². The number of carboxylic acid groups (broad SMARTS) is 1. The van der Waals surface area contributed by atoms with Gasteiger partial charge >= 0.3 is 17.8 Å². The van der Waals surface area contributed by atoms with E-state index in [2.05, 4.69) is 4.98 Å². The number of ketones is 1. The highest BCUT2D eigenvalue weighted by atomic mass is 16.6. The molecule has 0 radical (unpaired) electrons. The Morgan fingerprint density at radius 3 is 2.71 bits per heavy atom. The highest BCUT2D eigenvalue weighted by Crippen LogP contribution is 2.13. The SMILES string of the molecule is CC(C)Oc1ncc(C(=O)C(=O)O)o1. The van der Waals surface area contributed by atoms with E-state index in [1.165, 1.54) is 0 Å². The number of aliphatic carboxylic acids is 1. The fourth-order valence-corrected chi connectivity index (χ4v) is 0.725. The number of hydrogen-bond donors (Lipinski definition) is 1. The Bertz CT molecular complexity index is 354. The van der Waals surface area contributed by atoms with E-state index >= 15 is 0 Å².